The van der Waals surface area contributed by atoms with Gasteiger partial charge in [-0.05, 0) is 24.1 Å². The third-order valence-electron chi connectivity index (χ3n) is 2.49. The molecule has 1 aromatic rings. The van der Waals surface area contributed by atoms with Gasteiger partial charge in [0.1, 0.15) is 0 Å². The molecule has 7 heteroatoms. The van der Waals surface area contributed by atoms with E-state index in [4.69, 9.17) is 29.0 Å². The van der Waals surface area contributed by atoms with Gasteiger partial charge in [0.25, 0.3) is 0 Å². The molecule has 1 aliphatic heterocycles. The number of aliphatic imine (C=N–C) groups is 1. The van der Waals surface area contributed by atoms with Crippen LogP contribution in [0.25, 0.3) is 0 Å². The lowest BCUT2D eigenvalue weighted by atomic mass is 10.2. The molecule has 1 aromatic carbocycles. The minimum absolute atomic E-state index is 0. The first-order chi connectivity index (χ1) is 8.16. The highest BCUT2D eigenvalue weighted by molar-refractivity contribution is 6.42. The molecule has 1 aliphatic rings. The maximum absolute atomic E-state index is 5.95. The number of nitrogens with one attached hydrogen (secondary N) is 1. The topological polar surface area (TPSA) is 53.6 Å². The number of halogens is 3. The van der Waals surface area contributed by atoms with Crippen molar-refractivity contribution < 1.29 is 0 Å². The van der Waals surface area contributed by atoms with Crippen LogP contribution < -0.4 is 11.2 Å². The number of rotatable bonds is 2. The highest BCUT2D eigenvalue weighted by atomic mass is 35.5. The molecular formula is C11H15Cl3N4. The summed E-state index contributed by atoms with van der Waals surface area (Å²) in [7, 11) is 0. The molecule has 18 heavy (non-hydrogen) atoms. The number of hydrogen-bond donors (Lipinski definition) is 2. The minimum Gasteiger partial charge on any atom is -0.355 e. The number of benzene rings is 1. The van der Waals surface area contributed by atoms with Crippen molar-refractivity contribution in [2.24, 2.45) is 10.8 Å². The number of nitrogens with zero attached hydrogens (tertiary/aromatic N) is 2. The third kappa shape index (κ3) is 3.92. The van der Waals surface area contributed by atoms with Crippen LogP contribution >= 0.6 is 35.6 Å². The third-order valence-corrected chi connectivity index (χ3v) is 3.23. The molecule has 0 unspecified atom stereocenters. The van der Waals surface area contributed by atoms with Crippen LogP contribution in [0.4, 0.5) is 0 Å². The van der Waals surface area contributed by atoms with Crippen LogP contribution in [0.1, 0.15) is 12.0 Å². The lowest BCUT2D eigenvalue weighted by Crippen LogP contribution is -2.47. The summed E-state index contributed by atoms with van der Waals surface area (Å²) in [4.78, 5) is 4.31. The van der Waals surface area contributed by atoms with Crippen LogP contribution in [0.2, 0.25) is 10.0 Å². The fraction of sp³-hybridized carbons (Fsp3) is 0.364. The molecule has 0 saturated heterocycles. The fourth-order valence-corrected chi connectivity index (χ4v) is 1.94. The van der Waals surface area contributed by atoms with Crippen molar-refractivity contribution in [3.05, 3.63) is 33.8 Å². The Labute approximate surface area is 123 Å². The lowest BCUT2D eigenvalue weighted by Gasteiger charge is -2.24. The van der Waals surface area contributed by atoms with Crippen LogP contribution in [0.15, 0.2) is 23.2 Å². The Kier molecular flexibility index (Phi) is 6.02. The first-order valence-electron chi connectivity index (χ1n) is 5.41. The summed E-state index contributed by atoms with van der Waals surface area (Å²) < 4.78 is 0. The fourth-order valence-electron chi connectivity index (χ4n) is 1.62. The largest absolute Gasteiger partial charge is 0.355 e. The maximum Gasteiger partial charge on any atom is 0.208 e. The molecule has 0 saturated carbocycles. The van der Waals surface area contributed by atoms with E-state index in [0.717, 1.165) is 31.0 Å². The highest BCUT2D eigenvalue weighted by Crippen LogP contribution is 2.22. The van der Waals surface area contributed by atoms with Crippen molar-refractivity contribution in [3.63, 3.8) is 0 Å². The van der Waals surface area contributed by atoms with Crippen molar-refractivity contribution in [2.75, 3.05) is 13.1 Å². The van der Waals surface area contributed by atoms with Gasteiger partial charge in [0.15, 0.2) is 0 Å². The first-order valence-corrected chi connectivity index (χ1v) is 6.17. The van der Waals surface area contributed by atoms with Gasteiger partial charge >= 0.3 is 0 Å². The molecule has 2 rings (SSSR count). The zero-order chi connectivity index (χ0) is 12.3. The summed E-state index contributed by atoms with van der Waals surface area (Å²) in [6.07, 6.45) is 1.05. The van der Waals surface area contributed by atoms with Crippen LogP contribution in [-0.4, -0.2) is 24.1 Å². The normalized spacial score (nSPS) is 14.3. The lowest BCUT2D eigenvalue weighted by molar-refractivity contribution is 0.407. The van der Waals surface area contributed by atoms with E-state index >= 15 is 0 Å². The Morgan fingerprint density at radius 1 is 1.33 bits per heavy atom. The average molecular weight is 310 g/mol. The monoisotopic (exact) mass is 308 g/mol. The minimum atomic E-state index is 0. The molecule has 0 radical (unpaired) electrons. The summed E-state index contributed by atoms with van der Waals surface area (Å²) in [5, 5.41) is 5.83. The quantitative estimate of drug-likeness (QED) is 0.652. The average Bonchev–Trinajstić information content (AvgIpc) is 2.35. The Hall–Kier alpha value is -0.680. The zero-order valence-corrected chi connectivity index (χ0v) is 12.0. The van der Waals surface area contributed by atoms with Gasteiger partial charge in [-0.1, -0.05) is 29.3 Å². The van der Waals surface area contributed by atoms with Crippen LogP contribution in [0, 0.1) is 0 Å². The van der Waals surface area contributed by atoms with Crippen LogP contribution in [0.3, 0.4) is 0 Å². The second kappa shape index (κ2) is 7.04. The molecular weight excluding hydrogens is 295 g/mol. The number of hydrogen-bond acceptors (Lipinski definition) is 4. The van der Waals surface area contributed by atoms with Gasteiger partial charge in [-0.3, -0.25) is 10.0 Å². The van der Waals surface area contributed by atoms with Gasteiger partial charge in [0.05, 0.1) is 16.6 Å². The molecule has 3 N–H and O–H groups in total. The number of nitrogens with two attached hydrogens (primary N) is 1. The second-order valence-electron chi connectivity index (χ2n) is 3.86. The summed E-state index contributed by atoms with van der Waals surface area (Å²) in [5.41, 5.74) is 0.997. The van der Waals surface area contributed by atoms with Crippen molar-refractivity contribution in [1.82, 2.24) is 10.3 Å². The zero-order valence-electron chi connectivity index (χ0n) is 9.70. The molecule has 0 aliphatic carbocycles. The summed E-state index contributed by atoms with van der Waals surface area (Å²) in [5.74, 6) is 6.66. The smallest absolute Gasteiger partial charge is 0.208 e. The van der Waals surface area contributed by atoms with E-state index in [1.165, 1.54) is 0 Å². The Balaban J connectivity index is 0.00000162. The van der Waals surface area contributed by atoms with E-state index in [-0.39, 0.29) is 12.4 Å². The molecule has 0 atom stereocenters. The van der Waals surface area contributed by atoms with E-state index in [2.05, 4.69) is 10.3 Å². The number of hydrazine groups is 1. The molecule has 100 valence electrons. The molecule has 0 amide bonds. The van der Waals surface area contributed by atoms with Gasteiger partial charge in [-0.2, -0.15) is 0 Å². The van der Waals surface area contributed by atoms with Crippen molar-refractivity contribution in [1.29, 1.82) is 0 Å². The van der Waals surface area contributed by atoms with Gasteiger partial charge in [-0.15, -0.1) is 12.4 Å². The second-order valence-corrected chi connectivity index (χ2v) is 4.68. The predicted octanol–water partition coefficient (Wildman–Crippen LogP) is 2.44. The Bertz CT molecular complexity index is 436. The van der Waals surface area contributed by atoms with E-state index in [0.29, 0.717) is 16.6 Å². The summed E-state index contributed by atoms with van der Waals surface area (Å²) >= 11 is 11.8. The van der Waals surface area contributed by atoms with E-state index in [1.807, 2.05) is 12.1 Å². The van der Waals surface area contributed by atoms with Crippen LogP contribution in [-0.2, 0) is 6.54 Å². The molecule has 0 fully saturated rings. The van der Waals surface area contributed by atoms with E-state index in [1.54, 1.807) is 11.1 Å². The first kappa shape index (κ1) is 15.4. The summed E-state index contributed by atoms with van der Waals surface area (Å²) in [6.45, 7) is 2.27. The van der Waals surface area contributed by atoms with Crippen LogP contribution in [0.5, 0.6) is 0 Å². The SMILES string of the molecule is Cl.NN(Cc1ccc(Cl)c(Cl)c1)C1=NCCCN1. The van der Waals surface area contributed by atoms with Gasteiger partial charge in [-0.25, -0.2) is 5.84 Å². The van der Waals surface area contributed by atoms with Gasteiger partial charge in [0, 0.05) is 13.1 Å². The Morgan fingerprint density at radius 3 is 2.72 bits per heavy atom. The van der Waals surface area contributed by atoms with Gasteiger partial charge in [0.2, 0.25) is 5.96 Å². The maximum atomic E-state index is 5.95. The molecule has 0 aromatic heterocycles. The van der Waals surface area contributed by atoms with Crippen molar-refractivity contribution in [2.45, 2.75) is 13.0 Å². The molecule has 4 nitrogen and oxygen atoms in total. The van der Waals surface area contributed by atoms with Gasteiger partial charge < -0.3 is 5.32 Å². The van der Waals surface area contributed by atoms with E-state index in [9.17, 15) is 0 Å². The molecule has 0 spiro atoms. The standard InChI is InChI=1S/C11H14Cl2N4.ClH/c12-9-3-2-8(6-10(9)13)7-17(14)11-15-4-1-5-16-11;/h2-3,6H,1,4-5,7,14H2,(H,15,16);1H. The molecule has 1 heterocycles. The van der Waals surface area contributed by atoms with E-state index < -0.39 is 0 Å². The number of guanidine groups is 1. The molecule has 0 bridgehead atoms. The Morgan fingerprint density at radius 2 is 2.11 bits per heavy atom. The van der Waals surface area contributed by atoms with Crippen molar-refractivity contribution in [3.8, 4) is 0 Å². The highest BCUT2D eigenvalue weighted by Gasteiger charge is 2.11. The summed E-state index contributed by atoms with van der Waals surface area (Å²) in [6, 6.07) is 5.48. The van der Waals surface area contributed by atoms with Crippen molar-refractivity contribution >= 4 is 41.6 Å². The predicted molar refractivity (Wildman–Crippen MR) is 78.4 cm³/mol.